The van der Waals surface area contributed by atoms with Crippen molar-refractivity contribution in [1.29, 1.82) is 0 Å². The number of benzene rings is 2. The Labute approximate surface area is 164 Å². The van der Waals surface area contributed by atoms with Gasteiger partial charge < -0.3 is 10.1 Å². The van der Waals surface area contributed by atoms with Gasteiger partial charge in [-0.25, -0.2) is 8.42 Å². The molecular weight excluding hydrogens is 380 g/mol. The van der Waals surface area contributed by atoms with Crippen LogP contribution in [0.5, 0.6) is 5.75 Å². The Hall–Kier alpha value is -2.87. The summed E-state index contributed by atoms with van der Waals surface area (Å²) in [4.78, 5) is 23.9. The van der Waals surface area contributed by atoms with E-state index >= 15 is 0 Å². The third-order valence-electron chi connectivity index (χ3n) is 4.43. The van der Waals surface area contributed by atoms with Crippen LogP contribution < -0.4 is 14.4 Å². The first-order valence-electron chi connectivity index (χ1n) is 9.01. The van der Waals surface area contributed by atoms with Gasteiger partial charge in [0.15, 0.2) is 11.9 Å². The summed E-state index contributed by atoms with van der Waals surface area (Å²) in [5.41, 5.74) is 0.802. The van der Waals surface area contributed by atoms with Gasteiger partial charge in [-0.05, 0) is 37.6 Å². The van der Waals surface area contributed by atoms with Crippen LogP contribution in [0.25, 0.3) is 0 Å². The first-order valence-corrected chi connectivity index (χ1v) is 10.5. The minimum Gasteiger partial charge on any atom is -0.476 e. The second kappa shape index (κ2) is 8.02. The number of rotatable bonds is 6. The second-order valence-electron chi connectivity index (χ2n) is 6.48. The molecule has 1 unspecified atom stereocenters. The summed E-state index contributed by atoms with van der Waals surface area (Å²) in [7, 11) is -3.94. The van der Waals surface area contributed by atoms with Crippen LogP contribution in [0.15, 0.2) is 53.4 Å². The lowest BCUT2D eigenvalue weighted by molar-refractivity contribution is -0.127. The third-order valence-corrected chi connectivity index (χ3v) is 6.22. The molecule has 0 bridgehead atoms. The quantitative estimate of drug-likeness (QED) is 0.749. The number of ether oxygens (including phenoxy) is 1. The highest BCUT2D eigenvalue weighted by Gasteiger charge is 2.37. The number of fused-ring (bicyclic) bond motifs is 1. The van der Waals surface area contributed by atoms with Gasteiger partial charge in [-0.15, -0.1) is 0 Å². The topological polar surface area (TPSA) is 92.8 Å². The van der Waals surface area contributed by atoms with Gasteiger partial charge in [-0.2, -0.15) is 0 Å². The zero-order valence-corrected chi connectivity index (χ0v) is 16.5. The summed E-state index contributed by atoms with van der Waals surface area (Å²) in [6, 6.07) is 12.5. The zero-order chi connectivity index (χ0) is 20.3. The molecule has 0 aromatic heterocycles. The van der Waals surface area contributed by atoms with E-state index in [1.165, 1.54) is 35.5 Å². The van der Waals surface area contributed by atoms with Crippen molar-refractivity contribution in [2.24, 2.45) is 0 Å². The highest BCUT2D eigenvalue weighted by Crippen LogP contribution is 2.36. The van der Waals surface area contributed by atoms with Gasteiger partial charge >= 0.3 is 0 Å². The average molecular weight is 402 g/mol. The van der Waals surface area contributed by atoms with E-state index in [9.17, 15) is 18.0 Å². The summed E-state index contributed by atoms with van der Waals surface area (Å²) in [6.45, 7) is 3.70. The maximum Gasteiger partial charge on any atom is 0.264 e. The standard InChI is InChI=1S/C20H22N2O5S/c1-3-12-21-20(24)19-13-22(17-6-4-5-7-18(17)27-19)28(25,26)16-10-8-15(9-11-16)14(2)23/h4-11,19H,3,12-13H2,1-2H3,(H,21,24). The van der Waals surface area contributed by atoms with E-state index in [2.05, 4.69) is 5.32 Å². The molecule has 0 fully saturated rings. The van der Waals surface area contributed by atoms with E-state index in [1.807, 2.05) is 6.92 Å². The van der Waals surface area contributed by atoms with Crippen molar-refractivity contribution in [1.82, 2.24) is 5.32 Å². The summed E-state index contributed by atoms with van der Waals surface area (Å²) in [6.07, 6.45) is -0.188. The fraction of sp³-hybridized carbons (Fsp3) is 0.300. The van der Waals surface area contributed by atoms with Gasteiger partial charge in [0.05, 0.1) is 17.1 Å². The van der Waals surface area contributed by atoms with Crippen LogP contribution in [0.2, 0.25) is 0 Å². The van der Waals surface area contributed by atoms with E-state index in [1.54, 1.807) is 24.3 Å². The summed E-state index contributed by atoms with van der Waals surface area (Å²) in [5, 5.41) is 2.74. The second-order valence-corrected chi connectivity index (χ2v) is 8.34. The van der Waals surface area contributed by atoms with Gasteiger partial charge in [0.1, 0.15) is 5.75 Å². The number of sulfonamides is 1. The summed E-state index contributed by atoms with van der Waals surface area (Å²) in [5.74, 6) is -0.175. The molecule has 7 nitrogen and oxygen atoms in total. The largest absolute Gasteiger partial charge is 0.476 e. The molecule has 2 aromatic carbocycles. The maximum absolute atomic E-state index is 13.3. The number of carbonyl (C=O) groups excluding carboxylic acids is 2. The van der Waals surface area contributed by atoms with Crippen molar-refractivity contribution >= 4 is 27.4 Å². The van der Waals surface area contributed by atoms with E-state index in [-0.39, 0.29) is 23.1 Å². The minimum absolute atomic E-state index is 0.0434. The lowest BCUT2D eigenvalue weighted by Crippen LogP contribution is -2.50. The predicted octanol–water partition coefficient (Wildman–Crippen LogP) is 2.37. The summed E-state index contributed by atoms with van der Waals surface area (Å²) >= 11 is 0. The molecule has 3 rings (SSSR count). The maximum atomic E-state index is 13.3. The van der Waals surface area contributed by atoms with Crippen LogP contribution in [0, 0.1) is 0 Å². The van der Waals surface area contributed by atoms with E-state index < -0.39 is 16.1 Å². The molecule has 1 amide bonds. The number of nitrogens with zero attached hydrogens (tertiary/aromatic N) is 1. The number of anilines is 1. The Bertz CT molecular complexity index is 986. The van der Waals surface area contributed by atoms with Gasteiger partial charge in [-0.1, -0.05) is 31.2 Å². The van der Waals surface area contributed by atoms with Crippen molar-refractivity contribution in [2.75, 3.05) is 17.4 Å². The SMILES string of the molecule is CCCNC(=O)C1CN(S(=O)(=O)c2ccc(C(C)=O)cc2)c2ccccc2O1. The van der Waals surface area contributed by atoms with Crippen molar-refractivity contribution in [2.45, 2.75) is 31.3 Å². The molecule has 2 aromatic rings. The minimum atomic E-state index is -3.94. The van der Waals surface area contributed by atoms with Crippen LogP contribution in [0.3, 0.4) is 0 Å². The number of carbonyl (C=O) groups is 2. The Morgan fingerprint density at radius 2 is 1.82 bits per heavy atom. The first-order chi connectivity index (χ1) is 13.3. The molecule has 1 aliphatic rings. The Morgan fingerprint density at radius 1 is 1.14 bits per heavy atom. The third kappa shape index (κ3) is 3.87. The van der Waals surface area contributed by atoms with Crippen LogP contribution in [0.4, 0.5) is 5.69 Å². The van der Waals surface area contributed by atoms with Gasteiger partial charge in [-0.3, -0.25) is 13.9 Å². The fourth-order valence-electron chi connectivity index (χ4n) is 2.92. The van der Waals surface area contributed by atoms with Crippen molar-refractivity contribution in [3.63, 3.8) is 0 Å². The number of hydrogen-bond donors (Lipinski definition) is 1. The van der Waals surface area contributed by atoms with Gasteiger partial charge in [0.2, 0.25) is 0 Å². The number of hydrogen-bond acceptors (Lipinski definition) is 5. The highest BCUT2D eigenvalue weighted by molar-refractivity contribution is 7.92. The van der Waals surface area contributed by atoms with Crippen LogP contribution >= 0.6 is 0 Å². The molecule has 1 atom stereocenters. The molecular formula is C20H22N2O5S. The molecule has 0 saturated carbocycles. The molecule has 0 spiro atoms. The smallest absolute Gasteiger partial charge is 0.264 e. The lowest BCUT2D eigenvalue weighted by Gasteiger charge is -2.34. The summed E-state index contributed by atoms with van der Waals surface area (Å²) < 4.78 is 33.5. The molecule has 1 N–H and O–H groups in total. The normalized spacial score (nSPS) is 16.1. The monoisotopic (exact) mass is 402 g/mol. The molecule has 0 radical (unpaired) electrons. The van der Waals surface area contributed by atoms with Crippen molar-refractivity contribution < 1.29 is 22.7 Å². The molecule has 1 heterocycles. The number of amides is 1. The first kappa shape index (κ1) is 19.9. The predicted molar refractivity (Wildman–Crippen MR) is 105 cm³/mol. The lowest BCUT2D eigenvalue weighted by atomic mass is 10.2. The Morgan fingerprint density at radius 3 is 2.46 bits per heavy atom. The molecule has 1 aliphatic heterocycles. The Kier molecular flexibility index (Phi) is 5.69. The van der Waals surface area contributed by atoms with E-state index in [0.717, 1.165) is 6.42 Å². The zero-order valence-electron chi connectivity index (χ0n) is 15.7. The molecule has 0 aliphatic carbocycles. The highest BCUT2D eigenvalue weighted by atomic mass is 32.2. The molecule has 0 saturated heterocycles. The van der Waals surface area contributed by atoms with Gasteiger partial charge in [0, 0.05) is 12.1 Å². The number of nitrogens with one attached hydrogen (secondary N) is 1. The average Bonchev–Trinajstić information content (AvgIpc) is 2.71. The van der Waals surface area contributed by atoms with Crippen LogP contribution in [-0.4, -0.2) is 39.3 Å². The molecule has 148 valence electrons. The Balaban J connectivity index is 1.98. The van der Waals surface area contributed by atoms with Gasteiger partial charge in [0.25, 0.3) is 15.9 Å². The van der Waals surface area contributed by atoms with E-state index in [4.69, 9.17) is 4.74 Å². The number of para-hydroxylation sites is 2. The van der Waals surface area contributed by atoms with Crippen molar-refractivity contribution in [3.05, 3.63) is 54.1 Å². The molecule has 28 heavy (non-hydrogen) atoms. The number of Topliss-reactive ketones (excluding diaryl/α,β-unsaturated/α-hetero) is 1. The van der Waals surface area contributed by atoms with Crippen LogP contribution in [0.1, 0.15) is 30.6 Å². The van der Waals surface area contributed by atoms with Crippen LogP contribution in [-0.2, 0) is 14.8 Å². The number of ketones is 1. The molecule has 8 heteroatoms. The fourth-order valence-corrected chi connectivity index (χ4v) is 4.39. The van der Waals surface area contributed by atoms with E-state index in [0.29, 0.717) is 23.5 Å². The van der Waals surface area contributed by atoms with Crippen molar-refractivity contribution in [3.8, 4) is 5.75 Å².